The van der Waals surface area contributed by atoms with E-state index in [1.54, 1.807) is 11.9 Å². The standard InChI is InChI=1S/C20H39N5O3/c1-7-27-19(26)24-10-8-17(9-11-24)23-18(21-6)22-14-20(4,5)25-12-15(2)28-16(3)13-25/h15-17H,7-14H2,1-6H3,(H2,21,22,23). The number of hydrogen-bond acceptors (Lipinski definition) is 5. The third kappa shape index (κ3) is 6.51. The number of morpholine rings is 1. The minimum Gasteiger partial charge on any atom is -0.450 e. The van der Waals surface area contributed by atoms with Gasteiger partial charge in [-0.3, -0.25) is 9.89 Å². The molecule has 2 atom stereocenters. The highest BCUT2D eigenvalue weighted by molar-refractivity contribution is 5.80. The molecule has 0 spiro atoms. The summed E-state index contributed by atoms with van der Waals surface area (Å²) in [4.78, 5) is 20.5. The van der Waals surface area contributed by atoms with Crippen LogP contribution >= 0.6 is 0 Å². The van der Waals surface area contributed by atoms with Crippen LogP contribution in [0.2, 0.25) is 0 Å². The first kappa shape index (κ1) is 22.7. The van der Waals surface area contributed by atoms with Gasteiger partial charge in [0.1, 0.15) is 0 Å². The molecule has 2 aliphatic heterocycles. The Morgan fingerprint density at radius 3 is 2.36 bits per heavy atom. The molecule has 0 saturated carbocycles. The van der Waals surface area contributed by atoms with Gasteiger partial charge in [0, 0.05) is 51.4 Å². The summed E-state index contributed by atoms with van der Waals surface area (Å²) >= 11 is 0. The van der Waals surface area contributed by atoms with Crippen molar-refractivity contribution in [3.8, 4) is 0 Å². The molecule has 28 heavy (non-hydrogen) atoms. The molecule has 0 aromatic rings. The van der Waals surface area contributed by atoms with Gasteiger partial charge in [-0.25, -0.2) is 4.79 Å². The van der Waals surface area contributed by atoms with Crippen molar-refractivity contribution in [3.05, 3.63) is 0 Å². The smallest absolute Gasteiger partial charge is 0.409 e. The van der Waals surface area contributed by atoms with E-state index in [1.807, 2.05) is 6.92 Å². The monoisotopic (exact) mass is 397 g/mol. The van der Waals surface area contributed by atoms with Gasteiger partial charge < -0.3 is 25.0 Å². The molecule has 2 aliphatic rings. The third-order valence-electron chi connectivity index (χ3n) is 5.55. The second kappa shape index (κ2) is 10.3. The van der Waals surface area contributed by atoms with Crippen LogP contribution in [0.1, 0.15) is 47.5 Å². The molecule has 0 bridgehead atoms. The lowest BCUT2D eigenvalue weighted by Crippen LogP contribution is -2.60. The van der Waals surface area contributed by atoms with Crippen LogP contribution < -0.4 is 10.6 Å². The molecule has 2 fully saturated rings. The van der Waals surface area contributed by atoms with Crippen LogP contribution in [0.3, 0.4) is 0 Å². The highest BCUT2D eigenvalue weighted by atomic mass is 16.6. The van der Waals surface area contributed by atoms with Crippen LogP contribution in [0.15, 0.2) is 4.99 Å². The first-order valence-electron chi connectivity index (χ1n) is 10.5. The zero-order valence-electron chi connectivity index (χ0n) is 18.5. The molecular formula is C20H39N5O3. The maximum Gasteiger partial charge on any atom is 0.409 e. The molecule has 1 amide bonds. The molecule has 2 N–H and O–H groups in total. The topological polar surface area (TPSA) is 78.4 Å². The summed E-state index contributed by atoms with van der Waals surface area (Å²) < 4.78 is 10.9. The fourth-order valence-electron chi connectivity index (χ4n) is 3.89. The zero-order valence-corrected chi connectivity index (χ0v) is 18.5. The Bertz CT molecular complexity index is 522. The van der Waals surface area contributed by atoms with Gasteiger partial charge in [-0.1, -0.05) is 0 Å². The number of likely N-dealkylation sites (tertiary alicyclic amines) is 1. The average Bonchev–Trinajstić information content (AvgIpc) is 2.65. The van der Waals surface area contributed by atoms with Crippen LogP contribution in [0, 0.1) is 0 Å². The largest absolute Gasteiger partial charge is 0.450 e. The van der Waals surface area contributed by atoms with E-state index in [0.29, 0.717) is 25.7 Å². The summed E-state index contributed by atoms with van der Waals surface area (Å²) in [7, 11) is 1.80. The number of piperidine rings is 1. The summed E-state index contributed by atoms with van der Waals surface area (Å²) in [5.41, 5.74) is -0.00278. The maximum atomic E-state index is 11.8. The summed E-state index contributed by atoms with van der Waals surface area (Å²) in [6, 6.07) is 0.309. The van der Waals surface area contributed by atoms with Crippen molar-refractivity contribution < 1.29 is 14.3 Å². The SMILES string of the molecule is CCOC(=O)N1CCC(NC(=NC)NCC(C)(C)N2CC(C)OC(C)C2)CC1. The lowest BCUT2D eigenvalue weighted by molar-refractivity contribution is -0.0946. The number of nitrogens with one attached hydrogen (secondary N) is 2. The Morgan fingerprint density at radius 1 is 1.21 bits per heavy atom. The van der Waals surface area contributed by atoms with E-state index in [2.05, 4.69) is 48.2 Å². The lowest BCUT2D eigenvalue weighted by atomic mass is 10.00. The predicted octanol–water partition coefficient (Wildman–Crippen LogP) is 1.66. The average molecular weight is 398 g/mol. The van der Waals surface area contributed by atoms with Gasteiger partial charge in [-0.15, -0.1) is 0 Å². The number of nitrogens with zero attached hydrogens (tertiary/aromatic N) is 3. The molecule has 0 aromatic carbocycles. The van der Waals surface area contributed by atoms with Crippen LogP contribution in [0.5, 0.6) is 0 Å². The number of carbonyl (C=O) groups excluding carboxylic acids is 1. The van der Waals surface area contributed by atoms with Crippen molar-refractivity contribution >= 4 is 12.1 Å². The fraction of sp³-hybridized carbons (Fsp3) is 0.900. The summed E-state index contributed by atoms with van der Waals surface area (Å²) in [6.07, 6.45) is 2.08. The van der Waals surface area contributed by atoms with E-state index in [1.165, 1.54) is 0 Å². The van der Waals surface area contributed by atoms with E-state index in [4.69, 9.17) is 9.47 Å². The van der Waals surface area contributed by atoms with Crippen molar-refractivity contribution in [2.75, 3.05) is 46.4 Å². The molecule has 0 radical (unpaired) electrons. The van der Waals surface area contributed by atoms with Crippen molar-refractivity contribution in [1.29, 1.82) is 0 Å². The Balaban J connectivity index is 1.79. The maximum absolute atomic E-state index is 11.8. The van der Waals surface area contributed by atoms with Gasteiger partial charge in [0.15, 0.2) is 5.96 Å². The third-order valence-corrected chi connectivity index (χ3v) is 5.55. The summed E-state index contributed by atoms with van der Waals surface area (Å²) in [5, 5.41) is 7.00. The number of carbonyl (C=O) groups is 1. The van der Waals surface area contributed by atoms with Gasteiger partial charge >= 0.3 is 6.09 Å². The van der Waals surface area contributed by atoms with E-state index in [-0.39, 0.29) is 23.8 Å². The molecule has 2 saturated heterocycles. The Kier molecular flexibility index (Phi) is 8.37. The molecule has 2 heterocycles. The van der Waals surface area contributed by atoms with Crippen LogP contribution in [0.4, 0.5) is 4.79 Å². The van der Waals surface area contributed by atoms with Crippen LogP contribution in [-0.4, -0.2) is 92.0 Å². The quantitative estimate of drug-likeness (QED) is 0.543. The van der Waals surface area contributed by atoms with Gasteiger partial charge in [0.05, 0.1) is 18.8 Å². The van der Waals surface area contributed by atoms with E-state index in [0.717, 1.165) is 38.4 Å². The van der Waals surface area contributed by atoms with E-state index >= 15 is 0 Å². The molecule has 162 valence electrons. The van der Waals surface area contributed by atoms with E-state index in [9.17, 15) is 4.79 Å². The number of amides is 1. The van der Waals surface area contributed by atoms with Gasteiger partial charge in [-0.05, 0) is 47.5 Å². The second-order valence-electron chi connectivity index (χ2n) is 8.51. The number of aliphatic imine (C=N–C) groups is 1. The minimum atomic E-state index is -0.209. The highest BCUT2D eigenvalue weighted by Crippen LogP contribution is 2.20. The first-order valence-corrected chi connectivity index (χ1v) is 10.5. The fourth-order valence-corrected chi connectivity index (χ4v) is 3.89. The number of hydrogen-bond donors (Lipinski definition) is 2. The predicted molar refractivity (Wildman–Crippen MR) is 112 cm³/mol. The minimum absolute atomic E-state index is 0.00278. The van der Waals surface area contributed by atoms with Crippen molar-refractivity contribution in [1.82, 2.24) is 20.4 Å². The summed E-state index contributed by atoms with van der Waals surface area (Å²) in [6.45, 7) is 15.1. The first-order chi connectivity index (χ1) is 13.2. The zero-order chi connectivity index (χ0) is 20.7. The van der Waals surface area contributed by atoms with E-state index < -0.39 is 0 Å². The molecule has 0 aromatic heterocycles. The van der Waals surface area contributed by atoms with Crippen molar-refractivity contribution in [2.24, 2.45) is 4.99 Å². The van der Waals surface area contributed by atoms with Gasteiger partial charge in [0.2, 0.25) is 0 Å². The summed E-state index contributed by atoms with van der Waals surface area (Å²) in [5.74, 6) is 0.817. The van der Waals surface area contributed by atoms with Crippen LogP contribution in [0.25, 0.3) is 0 Å². The molecule has 8 nitrogen and oxygen atoms in total. The number of ether oxygens (including phenoxy) is 2. The lowest BCUT2D eigenvalue weighted by Gasteiger charge is -2.45. The second-order valence-corrected chi connectivity index (χ2v) is 8.51. The Labute approximate surface area is 170 Å². The van der Waals surface area contributed by atoms with Crippen LogP contribution in [-0.2, 0) is 9.47 Å². The van der Waals surface area contributed by atoms with Crippen molar-refractivity contribution in [2.45, 2.75) is 71.2 Å². The molecule has 2 rings (SSSR count). The Morgan fingerprint density at radius 2 is 1.82 bits per heavy atom. The molecule has 8 heteroatoms. The van der Waals surface area contributed by atoms with Gasteiger partial charge in [0.25, 0.3) is 0 Å². The highest BCUT2D eigenvalue weighted by Gasteiger charge is 2.33. The number of guanidine groups is 1. The molecule has 2 unspecified atom stereocenters. The Hall–Kier alpha value is -1.54. The van der Waals surface area contributed by atoms with Crippen molar-refractivity contribution in [3.63, 3.8) is 0 Å². The molecule has 0 aliphatic carbocycles. The van der Waals surface area contributed by atoms with Gasteiger partial charge in [-0.2, -0.15) is 0 Å². The number of rotatable bonds is 5. The normalized spacial score (nSPS) is 25.5. The molecular weight excluding hydrogens is 358 g/mol.